The van der Waals surface area contributed by atoms with E-state index in [9.17, 15) is 14.4 Å². The number of thiophene rings is 1. The van der Waals surface area contributed by atoms with Crippen LogP contribution in [-0.2, 0) is 25.5 Å². The monoisotopic (exact) mass is 525 g/mol. The number of amides is 1. The van der Waals surface area contributed by atoms with Gasteiger partial charge in [-0.3, -0.25) is 4.79 Å². The van der Waals surface area contributed by atoms with Gasteiger partial charge in [0.1, 0.15) is 10.8 Å². The first-order valence-corrected chi connectivity index (χ1v) is 12.3. The van der Waals surface area contributed by atoms with E-state index in [1.165, 1.54) is 18.4 Å². The zero-order valence-electron chi connectivity index (χ0n) is 21.0. The third-order valence-corrected chi connectivity index (χ3v) is 6.65. The van der Waals surface area contributed by atoms with Gasteiger partial charge in [-0.1, -0.05) is 12.1 Å². The second kappa shape index (κ2) is 11.3. The molecule has 37 heavy (non-hydrogen) atoms. The van der Waals surface area contributed by atoms with Crippen molar-refractivity contribution in [3.05, 3.63) is 69.1 Å². The molecule has 3 aromatic rings. The van der Waals surface area contributed by atoms with Gasteiger partial charge in [-0.05, 0) is 73.7 Å². The summed E-state index contributed by atoms with van der Waals surface area (Å²) >= 11 is 1.25. The Labute approximate surface area is 218 Å². The number of aryl methyl sites for hydroxylation is 3. The molecule has 0 bridgehead atoms. The van der Waals surface area contributed by atoms with Crippen LogP contribution in [0.25, 0.3) is 0 Å². The number of hydrogen-bond acceptors (Lipinski definition) is 9. The number of fused-ring (bicyclic) bond motifs is 1. The van der Waals surface area contributed by atoms with Crippen molar-refractivity contribution < 1.29 is 38.1 Å². The van der Waals surface area contributed by atoms with Gasteiger partial charge in [0.15, 0.2) is 24.7 Å². The molecule has 0 atom stereocenters. The van der Waals surface area contributed by atoms with Gasteiger partial charge in [-0.25, -0.2) is 9.59 Å². The second-order valence-corrected chi connectivity index (χ2v) is 9.74. The molecule has 1 aliphatic heterocycles. The van der Waals surface area contributed by atoms with Crippen LogP contribution in [0, 0.1) is 20.8 Å². The molecule has 9 nitrogen and oxygen atoms in total. The fourth-order valence-electron chi connectivity index (χ4n) is 3.96. The molecule has 4 rings (SSSR count). The van der Waals surface area contributed by atoms with Crippen molar-refractivity contribution in [2.45, 2.75) is 27.2 Å². The van der Waals surface area contributed by atoms with Crippen molar-refractivity contribution in [3.8, 4) is 17.2 Å². The van der Waals surface area contributed by atoms with E-state index in [0.29, 0.717) is 28.7 Å². The van der Waals surface area contributed by atoms with Crippen molar-refractivity contribution in [2.75, 3.05) is 32.4 Å². The van der Waals surface area contributed by atoms with E-state index in [0.717, 1.165) is 27.1 Å². The van der Waals surface area contributed by atoms with Gasteiger partial charge in [-0.2, -0.15) is 0 Å². The minimum Gasteiger partial charge on any atom is -0.482 e. The summed E-state index contributed by atoms with van der Waals surface area (Å²) in [7, 11) is 1.28. The second-order valence-electron chi connectivity index (χ2n) is 8.52. The molecule has 2 aromatic carbocycles. The van der Waals surface area contributed by atoms with Crippen molar-refractivity contribution >= 4 is 34.2 Å². The van der Waals surface area contributed by atoms with Gasteiger partial charge in [0, 0.05) is 4.88 Å². The molecule has 0 aliphatic carbocycles. The summed E-state index contributed by atoms with van der Waals surface area (Å²) in [5, 5.41) is 3.00. The third-order valence-electron chi connectivity index (χ3n) is 5.59. The van der Waals surface area contributed by atoms with Crippen LogP contribution in [0.5, 0.6) is 17.2 Å². The quantitative estimate of drug-likeness (QED) is 0.411. The number of carbonyl (C=O) groups is 3. The van der Waals surface area contributed by atoms with E-state index < -0.39 is 24.5 Å². The number of esters is 2. The number of nitrogens with one attached hydrogen (secondary N) is 1. The maximum atomic E-state index is 12.6. The molecular weight excluding hydrogens is 498 g/mol. The van der Waals surface area contributed by atoms with Gasteiger partial charge in [0.2, 0.25) is 6.79 Å². The molecule has 10 heteroatoms. The Morgan fingerprint density at radius 3 is 2.43 bits per heavy atom. The molecule has 2 heterocycles. The Bertz CT molecular complexity index is 1330. The van der Waals surface area contributed by atoms with E-state index in [1.807, 2.05) is 57.2 Å². The molecule has 1 aliphatic rings. The molecule has 1 aromatic heterocycles. The highest BCUT2D eigenvalue weighted by atomic mass is 32.1. The number of ether oxygens (including phenoxy) is 5. The first-order valence-electron chi connectivity index (χ1n) is 11.5. The highest BCUT2D eigenvalue weighted by Gasteiger charge is 2.25. The maximum Gasteiger partial charge on any atom is 0.344 e. The van der Waals surface area contributed by atoms with Crippen LogP contribution in [0.1, 0.15) is 37.5 Å². The van der Waals surface area contributed by atoms with E-state index in [1.54, 1.807) is 0 Å². The first kappa shape index (κ1) is 26.0. The molecule has 0 fully saturated rings. The summed E-state index contributed by atoms with van der Waals surface area (Å²) in [4.78, 5) is 38.1. The smallest absolute Gasteiger partial charge is 0.344 e. The van der Waals surface area contributed by atoms with Crippen LogP contribution in [0.4, 0.5) is 5.00 Å². The summed E-state index contributed by atoms with van der Waals surface area (Å²) in [5.74, 6) is 0.0109. The average Bonchev–Trinajstić information content (AvgIpc) is 3.44. The standard InChI is InChI=1S/C27H27NO8S/c1-15-7-16(2)9-19(8-15)33-13-24(30)34-12-23(29)28-26-25(27(31)32-4)20(17(3)37-26)10-18-5-6-21-22(11-18)36-14-35-21/h5-9,11H,10,12-14H2,1-4H3,(H,28,29). The molecule has 0 saturated carbocycles. The Balaban J connectivity index is 1.39. The van der Waals surface area contributed by atoms with E-state index in [2.05, 4.69) is 5.32 Å². The molecular formula is C27H27NO8S. The van der Waals surface area contributed by atoms with Crippen LogP contribution in [0.3, 0.4) is 0 Å². The van der Waals surface area contributed by atoms with Crippen molar-refractivity contribution in [3.63, 3.8) is 0 Å². The SMILES string of the molecule is COC(=O)c1c(NC(=O)COC(=O)COc2cc(C)cc(C)c2)sc(C)c1Cc1ccc2c(c1)OCO2. The number of carbonyl (C=O) groups excluding carboxylic acids is 3. The summed E-state index contributed by atoms with van der Waals surface area (Å²) < 4.78 is 26.3. The molecule has 0 radical (unpaired) electrons. The topological polar surface area (TPSA) is 109 Å². The lowest BCUT2D eigenvalue weighted by Gasteiger charge is -2.10. The lowest BCUT2D eigenvalue weighted by atomic mass is 10.0. The predicted molar refractivity (Wildman–Crippen MR) is 137 cm³/mol. The van der Waals surface area contributed by atoms with Crippen LogP contribution >= 0.6 is 11.3 Å². The lowest BCUT2D eigenvalue weighted by Crippen LogP contribution is -2.24. The Morgan fingerprint density at radius 2 is 1.70 bits per heavy atom. The van der Waals surface area contributed by atoms with E-state index in [-0.39, 0.29) is 19.0 Å². The summed E-state index contributed by atoms with van der Waals surface area (Å²) in [6.07, 6.45) is 0.421. The first-order chi connectivity index (χ1) is 17.7. The fraction of sp³-hybridized carbons (Fsp3) is 0.296. The zero-order valence-corrected chi connectivity index (χ0v) is 21.8. The number of methoxy groups -OCH3 is 1. The molecule has 0 spiro atoms. The maximum absolute atomic E-state index is 12.6. The van der Waals surface area contributed by atoms with Crippen molar-refractivity contribution in [2.24, 2.45) is 0 Å². The Hall–Kier alpha value is -4.05. The van der Waals surface area contributed by atoms with Gasteiger partial charge in [0.25, 0.3) is 5.91 Å². The van der Waals surface area contributed by atoms with Crippen LogP contribution < -0.4 is 19.5 Å². The van der Waals surface area contributed by atoms with E-state index in [4.69, 9.17) is 23.7 Å². The predicted octanol–water partition coefficient (Wildman–Crippen LogP) is 4.34. The Morgan fingerprint density at radius 1 is 0.973 bits per heavy atom. The normalized spacial score (nSPS) is 11.7. The average molecular weight is 526 g/mol. The van der Waals surface area contributed by atoms with Crippen LogP contribution in [-0.4, -0.2) is 45.0 Å². The van der Waals surface area contributed by atoms with Gasteiger partial charge < -0.3 is 29.0 Å². The minimum atomic E-state index is -0.687. The molecule has 0 unspecified atom stereocenters. The summed E-state index contributed by atoms with van der Waals surface area (Å²) in [6, 6.07) is 11.2. The summed E-state index contributed by atoms with van der Waals surface area (Å²) in [6.45, 7) is 5.03. The number of benzene rings is 2. The van der Waals surface area contributed by atoms with Gasteiger partial charge in [-0.15, -0.1) is 11.3 Å². The highest BCUT2D eigenvalue weighted by Crippen LogP contribution is 2.37. The van der Waals surface area contributed by atoms with Crippen molar-refractivity contribution in [1.29, 1.82) is 0 Å². The number of hydrogen-bond donors (Lipinski definition) is 1. The van der Waals surface area contributed by atoms with Crippen LogP contribution in [0.15, 0.2) is 36.4 Å². The van der Waals surface area contributed by atoms with Gasteiger partial charge in [0.05, 0.1) is 12.7 Å². The van der Waals surface area contributed by atoms with E-state index >= 15 is 0 Å². The highest BCUT2D eigenvalue weighted by molar-refractivity contribution is 7.16. The number of rotatable bonds is 9. The fourth-order valence-corrected chi connectivity index (χ4v) is 5.04. The molecule has 1 N–H and O–H groups in total. The zero-order chi connectivity index (χ0) is 26.5. The number of anilines is 1. The minimum absolute atomic E-state index is 0.169. The van der Waals surface area contributed by atoms with Crippen LogP contribution in [0.2, 0.25) is 0 Å². The lowest BCUT2D eigenvalue weighted by molar-refractivity contribution is -0.149. The largest absolute Gasteiger partial charge is 0.482 e. The molecule has 1 amide bonds. The Kier molecular flexibility index (Phi) is 7.98. The van der Waals surface area contributed by atoms with Gasteiger partial charge >= 0.3 is 11.9 Å². The summed E-state index contributed by atoms with van der Waals surface area (Å²) in [5.41, 5.74) is 3.91. The molecule has 194 valence electrons. The molecule has 0 saturated heterocycles. The van der Waals surface area contributed by atoms with Crippen molar-refractivity contribution in [1.82, 2.24) is 0 Å². The third kappa shape index (κ3) is 6.39.